The van der Waals surface area contributed by atoms with Gasteiger partial charge >= 0.3 is 0 Å². The Balaban J connectivity index is 3.46. The number of halogens is 1. The van der Waals surface area contributed by atoms with Crippen molar-refractivity contribution in [3.8, 4) is 0 Å². The van der Waals surface area contributed by atoms with Crippen LogP contribution in [0.1, 0.15) is 27.7 Å². The summed E-state index contributed by atoms with van der Waals surface area (Å²) in [5, 5.41) is 0.866. The molecule has 0 heterocycles. The lowest BCUT2D eigenvalue weighted by Crippen LogP contribution is -2.23. The molecule has 0 N–H and O–H groups in total. The van der Waals surface area contributed by atoms with Gasteiger partial charge in [0.15, 0.2) is 0 Å². The van der Waals surface area contributed by atoms with Crippen LogP contribution in [-0.2, 0) is 0 Å². The van der Waals surface area contributed by atoms with Gasteiger partial charge < -0.3 is 0 Å². The fourth-order valence-electron chi connectivity index (χ4n) is 0.652. The Labute approximate surface area is 63.2 Å². The normalized spacial score (nSPS) is 14.7. The molecule has 0 saturated carbocycles. The van der Waals surface area contributed by atoms with E-state index in [4.69, 9.17) is 0 Å². The van der Waals surface area contributed by atoms with Gasteiger partial charge in [0.1, 0.15) is 0 Å². The molecule has 0 rings (SSSR count). The van der Waals surface area contributed by atoms with Gasteiger partial charge in [0, 0.05) is 13.1 Å². The lowest BCUT2D eigenvalue weighted by Gasteiger charge is -2.18. The summed E-state index contributed by atoms with van der Waals surface area (Å²) in [5.74, 6) is 1.02. The molecule has 0 saturated heterocycles. The first-order chi connectivity index (χ1) is 4.57. The van der Waals surface area contributed by atoms with Crippen LogP contribution in [0.5, 0.6) is 0 Å². The predicted octanol–water partition coefficient (Wildman–Crippen LogP) is 2.48. The molecule has 0 aromatic heterocycles. The van der Waals surface area contributed by atoms with Crippen molar-refractivity contribution in [2.24, 2.45) is 11.8 Å². The molecule has 1 atom stereocenters. The smallest absolute Gasteiger partial charge is 0.0318 e. The van der Waals surface area contributed by atoms with E-state index >= 15 is 0 Å². The van der Waals surface area contributed by atoms with Crippen LogP contribution in [0, 0.1) is 11.8 Å². The van der Waals surface area contributed by atoms with Crippen molar-refractivity contribution in [2.75, 3.05) is 13.1 Å². The van der Waals surface area contributed by atoms with E-state index in [0.717, 1.165) is 5.12 Å². The van der Waals surface area contributed by atoms with Crippen LogP contribution in [-0.4, -0.2) is 18.2 Å². The van der Waals surface area contributed by atoms with Gasteiger partial charge in [0.25, 0.3) is 0 Å². The monoisotopic (exact) mass is 147 g/mol. The second-order valence-corrected chi connectivity index (χ2v) is 3.18. The van der Waals surface area contributed by atoms with Crippen molar-refractivity contribution >= 4 is 0 Å². The van der Waals surface area contributed by atoms with E-state index in [1.807, 2.05) is 6.92 Å². The molecule has 1 unspecified atom stereocenters. The summed E-state index contributed by atoms with van der Waals surface area (Å²) in [6, 6.07) is 0. The van der Waals surface area contributed by atoms with E-state index in [1.165, 1.54) is 0 Å². The molecule has 0 fully saturated rings. The van der Waals surface area contributed by atoms with Crippen molar-refractivity contribution in [2.45, 2.75) is 27.7 Å². The second-order valence-electron chi connectivity index (χ2n) is 3.18. The van der Waals surface area contributed by atoms with Crippen molar-refractivity contribution < 1.29 is 4.48 Å². The summed E-state index contributed by atoms with van der Waals surface area (Å²) in [6.45, 7) is 9.20. The van der Waals surface area contributed by atoms with Gasteiger partial charge in [-0.25, -0.2) is 0 Å². The maximum Gasteiger partial charge on any atom is 0.0318 e. The fourth-order valence-corrected chi connectivity index (χ4v) is 0.652. The Kier molecular flexibility index (Phi) is 4.62. The molecule has 0 bridgehead atoms. The fraction of sp³-hybridized carbons (Fsp3) is 1.00. The van der Waals surface area contributed by atoms with Gasteiger partial charge in [0.05, 0.1) is 0 Å². The number of hydrogen-bond donors (Lipinski definition) is 0. The molecule has 0 radical (unpaired) electrons. The van der Waals surface area contributed by atoms with Crippen LogP contribution in [0.25, 0.3) is 0 Å². The lowest BCUT2D eigenvalue weighted by atomic mass is 9.98. The van der Waals surface area contributed by atoms with Gasteiger partial charge in [-0.3, -0.25) is 0 Å². The number of nitrogens with zero attached hydrogens (tertiary/aromatic N) is 1. The molecule has 0 aliphatic rings. The number of hydrogen-bond acceptors (Lipinski definition) is 1. The first kappa shape index (κ1) is 9.89. The highest BCUT2D eigenvalue weighted by Gasteiger charge is 2.10. The number of rotatable bonds is 4. The molecular weight excluding hydrogens is 129 g/mol. The van der Waals surface area contributed by atoms with E-state index in [0.29, 0.717) is 24.9 Å². The van der Waals surface area contributed by atoms with E-state index in [9.17, 15) is 4.48 Å². The highest BCUT2D eigenvalue weighted by atomic mass is 19.2. The van der Waals surface area contributed by atoms with Crippen LogP contribution in [0.15, 0.2) is 0 Å². The Bertz CT molecular complexity index is 83.3. The molecule has 1 nitrogen and oxygen atoms in total. The van der Waals surface area contributed by atoms with E-state index in [-0.39, 0.29) is 0 Å². The standard InChI is InChI=1S/C8H18FN/c1-5-10(9)6-8(4)7(2)3/h7-8H,5-6H2,1-4H3. The first-order valence-corrected chi connectivity index (χ1v) is 3.98. The van der Waals surface area contributed by atoms with Crippen molar-refractivity contribution in [1.82, 2.24) is 5.12 Å². The molecular formula is C8H18FN. The molecule has 2 heteroatoms. The van der Waals surface area contributed by atoms with Gasteiger partial charge in [0.2, 0.25) is 0 Å². The lowest BCUT2D eigenvalue weighted by molar-refractivity contribution is 0.0105. The van der Waals surface area contributed by atoms with Gasteiger partial charge in [-0.05, 0) is 18.8 Å². The molecule has 62 valence electrons. The predicted molar refractivity (Wildman–Crippen MR) is 42.4 cm³/mol. The molecule has 0 aliphatic heterocycles. The summed E-state index contributed by atoms with van der Waals surface area (Å²) in [6.07, 6.45) is 0. The highest BCUT2D eigenvalue weighted by Crippen LogP contribution is 2.11. The van der Waals surface area contributed by atoms with Crippen LogP contribution < -0.4 is 0 Å². The quantitative estimate of drug-likeness (QED) is 0.552. The Hall–Kier alpha value is -0.110. The van der Waals surface area contributed by atoms with E-state index in [1.54, 1.807) is 0 Å². The van der Waals surface area contributed by atoms with Crippen molar-refractivity contribution in [3.05, 3.63) is 0 Å². The van der Waals surface area contributed by atoms with E-state index < -0.39 is 0 Å². The zero-order valence-electron chi connectivity index (χ0n) is 7.39. The molecule has 0 amide bonds. The largest absolute Gasteiger partial charge is 0.146 e. The van der Waals surface area contributed by atoms with Crippen molar-refractivity contribution in [3.63, 3.8) is 0 Å². The maximum absolute atomic E-state index is 12.6. The zero-order chi connectivity index (χ0) is 8.15. The third-order valence-corrected chi connectivity index (χ3v) is 1.97. The van der Waals surface area contributed by atoms with Crippen LogP contribution >= 0.6 is 0 Å². The summed E-state index contributed by atoms with van der Waals surface area (Å²) in [5.41, 5.74) is 0. The molecule has 0 aromatic carbocycles. The Morgan fingerprint density at radius 2 is 1.80 bits per heavy atom. The average Bonchev–Trinajstić information content (AvgIpc) is 1.87. The highest BCUT2D eigenvalue weighted by molar-refractivity contribution is 4.58. The third kappa shape index (κ3) is 3.83. The summed E-state index contributed by atoms with van der Waals surface area (Å²) in [4.78, 5) is 0. The average molecular weight is 147 g/mol. The van der Waals surface area contributed by atoms with E-state index in [2.05, 4.69) is 20.8 Å². The second kappa shape index (κ2) is 4.67. The SMILES string of the molecule is CCN(F)CC(C)C(C)C. The Morgan fingerprint density at radius 3 is 2.10 bits per heavy atom. The van der Waals surface area contributed by atoms with Gasteiger partial charge in [-0.15, -0.1) is 9.60 Å². The zero-order valence-corrected chi connectivity index (χ0v) is 7.39. The minimum absolute atomic E-state index is 0.449. The summed E-state index contributed by atoms with van der Waals surface area (Å²) in [7, 11) is 0. The summed E-state index contributed by atoms with van der Waals surface area (Å²) < 4.78 is 12.6. The van der Waals surface area contributed by atoms with Crippen LogP contribution in [0.2, 0.25) is 0 Å². The first-order valence-electron chi connectivity index (χ1n) is 3.98. The molecule has 0 aromatic rings. The van der Waals surface area contributed by atoms with Gasteiger partial charge in [-0.2, -0.15) is 0 Å². The minimum Gasteiger partial charge on any atom is -0.146 e. The maximum atomic E-state index is 12.6. The van der Waals surface area contributed by atoms with Gasteiger partial charge in [-0.1, -0.05) is 20.8 Å². The van der Waals surface area contributed by atoms with Crippen LogP contribution in [0.4, 0.5) is 4.48 Å². The van der Waals surface area contributed by atoms with Crippen molar-refractivity contribution in [1.29, 1.82) is 0 Å². The molecule has 0 aliphatic carbocycles. The topological polar surface area (TPSA) is 3.24 Å². The third-order valence-electron chi connectivity index (χ3n) is 1.97. The minimum atomic E-state index is 0.449. The van der Waals surface area contributed by atoms with Crippen LogP contribution in [0.3, 0.4) is 0 Å². The molecule has 10 heavy (non-hydrogen) atoms. The summed E-state index contributed by atoms with van der Waals surface area (Å²) >= 11 is 0. The molecule has 0 spiro atoms. The Morgan fingerprint density at radius 1 is 1.30 bits per heavy atom.